The van der Waals surface area contributed by atoms with Crippen molar-refractivity contribution in [3.63, 3.8) is 0 Å². The van der Waals surface area contributed by atoms with E-state index >= 15 is 0 Å². The molecule has 0 spiro atoms. The third-order valence-electron chi connectivity index (χ3n) is 3.76. The van der Waals surface area contributed by atoms with E-state index in [2.05, 4.69) is 15.0 Å². The summed E-state index contributed by atoms with van der Waals surface area (Å²) >= 11 is 0. The Hall–Kier alpha value is -0.610. The van der Waals surface area contributed by atoms with Crippen molar-refractivity contribution in [2.75, 3.05) is 33.3 Å². The molecule has 0 aromatic heterocycles. The average Bonchev–Trinajstić information content (AvgIpc) is 2.71. The molecule has 2 saturated heterocycles. The Balaban J connectivity index is 1.66. The third-order valence-corrected chi connectivity index (χ3v) is 3.76. The fourth-order valence-electron chi connectivity index (χ4n) is 2.87. The lowest BCUT2D eigenvalue weighted by atomic mass is 9.94. The van der Waals surface area contributed by atoms with Crippen molar-refractivity contribution in [3.8, 4) is 0 Å². The maximum atomic E-state index is 11.0. The van der Waals surface area contributed by atoms with Gasteiger partial charge in [0.05, 0.1) is 7.11 Å². The first-order valence-electron chi connectivity index (χ1n) is 6.32. The first kappa shape index (κ1) is 11.9. The van der Waals surface area contributed by atoms with Gasteiger partial charge in [0.2, 0.25) is 0 Å². The molecule has 1 N–H and O–H groups in total. The number of ether oxygens (including phenoxy) is 1. The average molecular weight is 226 g/mol. The zero-order valence-electron chi connectivity index (χ0n) is 10.1. The van der Waals surface area contributed by atoms with Crippen molar-refractivity contribution in [3.05, 3.63) is 0 Å². The SMILES string of the molecule is COC(=O)CCCN1C[C@@H]2CCCN[C@@H]2C1. The first-order valence-corrected chi connectivity index (χ1v) is 6.32. The van der Waals surface area contributed by atoms with Gasteiger partial charge >= 0.3 is 5.97 Å². The van der Waals surface area contributed by atoms with Crippen LogP contribution in [0, 0.1) is 5.92 Å². The summed E-state index contributed by atoms with van der Waals surface area (Å²) < 4.78 is 4.64. The molecule has 16 heavy (non-hydrogen) atoms. The quantitative estimate of drug-likeness (QED) is 0.714. The predicted molar refractivity (Wildman–Crippen MR) is 62.2 cm³/mol. The second-order valence-electron chi connectivity index (χ2n) is 4.90. The number of carbonyl (C=O) groups excluding carboxylic acids is 1. The van der Waals surface area contributed by atoms with E-state index in [0.717, 1.165) is 25.4 Å². The van der Waals surface area contributed by atoms with E-state index in [0.29, 0.717) is 12.5 Å². The van der Waals surface area contributed by atoms with Gasteiger partial charge in [0.15, 0.2) is 0 Å². The molecule has 0 saturated carbocycles. The molecule has 2 aliphatic heterocycles. The number of nitrogens with one attached hydrogen (secondary N) is 1. The lowest BCUT2D eigenvalue weighted by Gasteiger charge is -2.24. The molecule has 0 bridgehead atoms. The van der Waals surface area contributed by atoms with Crippen LogP contribution >= 0.6 is 0 Å². The summed E-state index contributed by atoms with van der Waals surface area (Å²) in [5, 5.41) is 3.59. The summed E-state index contributed by atoms with van der Waals surface area (Å²) in [6.45, 7) is 4.58. The number of hydrogen-bond donors (Lipinski definition) is 1. The van der Waals surface area contributed by atoms with Crippen LogP contribution in [0.1, 0.15) is 25.7 Å². The number of methoxy groups -OCH3 is 1. The minimum absolute atomic E-state index is 0.0882. The maximum Gasteiger partial charge on any atom is 0.305 e. The Morgan fingerprint density at radius 3 is 3.12 bits per heavy atom. The number of carbonyl (C=O) groups is 1. The van der Waals surface area contributed by atoms with Crippen LogP contribution in [0.5, 0.6) is 0 Å². The molecule has 0 aromatic carbocycles. The fourth-order valence-corrected chi connectivity index (χ4v) is 2.87. The Bertz CT molecular complexity index is 231. The van der Waals surface area contributed by atoms with Crippen molar-refractivity contribution in [2.24, 2.45) is 5.92 Å². The molecule has 2 atom stereocenters. The number of hydrogen-bond acceptors (Lipinski definition) is 4. The van der Waals surface area contributed by atoms with Crippen molar-refractivity contribution >= 4 is 5.97 Å². The Labute approximate surface area is 97.3 Å². The number of nitrogens with zero attached hydrogens (tertiary/aromatic N) is 1. The van der Waals surface area contributed by atoms with Crippen molar-refractivity contribution in [2.45, 2.75) is 31.7 Å². The van der Waals surface area contributed by atoms with E-state index in [1.54, 1.807) is 0 Å². The molecule has 92 valence electrons. The van der Waals surface area contributed by atoms with Crippen LogP contribution in [0.15, 0.2) is 0 Å². The van der Waals surface area contributed by atoms with Gasteiger partial charge in [-0.25, -0.2) is 0 Å². The molecule has 0 radical (unpaired) electrons. The normalized spacial score (nSPS) is 30.1. The minimum Gasteiger partial charge on any atom is -0.469 e. The van der Waals surface area contributed by atoms with Crippen molar-refractivity contribution < 1.29 is 9.53 Å². The Morgan fingerprint density at radius 1 is 1.50 bits per heavy atom. The Morgan fingerprint density at radius 2 is 2.38 bits per heavy atom. The minimum atomic E-state index is -0.0882. The standard InChI is InChI=1S/C12H22N2O2/c1-16-12(15)5-3-7-14-8-10-4-2-6-13-11(10)9-14/h10-11,13H,2-9H2,1H3/t10-,11+/m0/s1. The highest BCUT2D eigenvalue weighted by Crippen LogP contribution is 2.24. The van der Waals surface area contributed by atoms with Crippen LogP contribution in [0.2, 0.25) is 0 Å². The highest BCUT2D eigenvalue weighted by molar-refractivity contribution is 5.69. The number of rotatable bonds is 4. The monoisotopic (exact) mass is 226 g/mol. The molecule has 0 amide bonds. The van der Waals surface area contributed by atoms with Crippen LogP contribution < -0.4 is 5.32 Å². The number of esters is 1. The third kappa shape index (κ3) is 2.95. The van der Waals surface area contributed by atoms with Crippen molar-refractivity contribution in [1.82, 2.24) is 10.2 Å². The first-order chi connectivity index (χ1) is 7.79. The van der Waals surface area contributed by atoms with Crippen LogP contribution in [0.4, 0.5) is 0 Å². The topological polar surface area (TPSA) is 41.6 Å². The molecular formula is C12H22N2O2. The molecule has 4 heteroatoms. The zero-order valence-corrected chi connectivity index (χ0v) is 10.1. The van der Waals surface area contributed by atoms with E-state index < -0.39 is 0 Å². The largest absolute Gasteiger partial charge is 0.469 e. The molecule has 2 rings (SSSR count). The number of piperidine rings is 1. The fraction of sp³-hybridized carbons (Fsp3) is 0.917. The van der Waals surface area contributed by atoms with Gasteiger partial charge in [0, 0.05) is 25.6 Å². The second kappa shape index (κ2) is 5.64. The van der Waals surface area contributed by atoms with Gasteiger partial charge < -0.3 is 15.0 Å². The Kier molecular flexibility index (Phi) is 4.18. The van der Waals surface area contributed by atoms with E-state index in [-0.39, 0.29) is 5.97 Å². The lowest BCUT2D eigenvalue weighted by molar-refractivity contribution is -0.140. The summed E-state index contributed by atoms with van der Waals surface area (Å²) in [6, 6.07) is 0.701. The molecular weight excluding hydrogens is 204 g/mol. The van der Waals surface area contributed by atoms with E-state index in [4.69, 9.17) is 0 Å². The molecule has 2 heterocycles. The van der Waals surface area contributed by atoms with Crippen LogP contribution in [-0.4, -0.2) is 50.2 Å². The van der Waals surface area contributed by atoms with Gasteiger partial charge in [-0.15, -0.1) is 0 Å². The van der Waals surface area contributed by atoms with Gasteiger partial charge in [-0.1, -0.05) is 0 Å². The van der Waals surface area contributed by atoms with Crippen LogP contribution in [0.25, 0.3) is 0 Å². The summed E-state index contributed by atoms with van der Waals surface area (Å²) in [5.74, 6) is 0.751. The molecule has 2 fully saturated rings. The summed E-state index contributed by atoms with van der Waals surface area (Å²) in [5.41, 5.74) is 0. The second-order valence-corrected chi connectivity index (χ2v) is 4.90. The highest BCUT2D eigenvalue weighted by atomic mass is 16.5. The van der Waals surface area contributed by atoms with E-state index in [9.17, 15) is 4.79 Å². The van der Waals surface area contributed by atoms with Gasteiger partial charge in [0.1, 0.15) is 0 Å². The van der Waals surface area contributed by atoms with Crippen molar-refractivity contribution in [1.29, 1.82) is 0 Å². The predicted octanol–water partition coefficient (Wildman–Crippen LogP) is 0.623. The number of fused-ring (bicyclic) bond motifs is 1. The van der Waals surface area contributed by atoms with Gasteiger partial charge in [0.25, 0.3) is 0 Å². The maximum absolute atomic E-state index is 11.0. The molecule has 0 unspecified atom stereocenters. The zero-order chi connectivity index (χ0) is 11.4. The van der Waals surface area contributed by atoms with Crippen LogP contribution in [0.3, 0.4) is 0 Å². The lowest BCUT2D eigenvalue weighted by Crippen LogP contribution is -2.40. The molecule has 0 aliphatic carbocycles. The van der Waals surface area contributed by atoms with E-state index in [1.807, 2.05) is 0 Å². The van der Waals surface area contributed by atoms with E-state index in [1.165, 1.54) is 33.0 Å². The number of likely N-dealkylation sites (tertiary alicyclic amines) is 1. The smallest absolute Gasteiger partial charge is 0.305 e. The molecule has 2 aliphatic rings. The van der Waals surface area contributed by atoms with Gasteiger partial charge in [-0.3, -0.25) is 4.79 Å². The summed E-state index contributed by atoms with van der Waals surface area (Å²) in [7, 11) is 1.46. The molecule has 0 aromatic rings. The summed E-state index contributed by atoms with van der Waals surface area (Å²) in [4.78, 5) is 13.5. The van der Waals surface area contributed by atoms with Gasteiger partial charge in [-0.2, -0.15) is 0 Å². The molecule has 4 nitrogen and oxygen atoms in total. The van der Waals surface area contributed by atoms with Crippen LogP contribution in [-0.2, 0) is 9.53 Å². The van der Waals surface area contributed by atoms with Gasteiger partial charge in [-0.05, 0) is 38.3 Å². The highest BCUT2D eigenvalue weighted by Gasteiger charge is 2.33. The summed E-state index contributed by atoms with van der Waals surface area (Å²) in [6.07, 6.45) is 4.16.